The third-order valence-corrected chi connectivity index (χ3v) is 6.80. The van der Waals surface area contributed by atoms with Crippen molar-refractivity contribution in [2.24, 2.45) is 0 Å². The summed E-state index contributed by atoms with van der Waals surface area (Å²) in [7, 11) is 0. The normalized spacial score (nSPS) is 16.6. The maximum atomic E-state index is 14.4. The zero-order valence-corrected chi connectivity index (χ0v) is 20.1. The Kier molecular flexibility index (Phi) is 9.70. The smallest absolute Gasteiger partial charge is 0.323 e. The lowest BCUT2D eigenvalue weighted by Crippen LogP contribution is -2.32. The molecule has 1 amide bonds. The summed E-state index contributed by atoms with van der Waals surface area (Å²) < 4.78 is 66.9. The molecule has 1 aliphatic rings. The Bertz CT molecular complexity index is 951. The summed E-state index contributed by atoms with van der Waals surface area (Å²) >= 11 is 0. The zero-order valence-electron chi connectivity index (χ0n) is 20.1. The number of unbranched alkanes of at least 4 members (excludes halogenated alkanes) is 1. The molecule has 1 aliphatic carbocycles. The van der Waals surface area contributed by atoms with Gasteiger partial charge in [-0.2, -0.15) is 13.2 Å². The van der Waals surface area contributed by atoms with Gasteiger partial charge in [0.25, 0.3) is 5.91 Å². The van der Waals surface area contributed by atoms with E-state index in [9.17, 15) is 26.7 Å². The molecule has 0 heterocycles. The summed E-state index contributed by atoms with van der Waals surface area (Å²) in [5, 5.41) is 2.63. The van der Waals surface area contributed by atoms with Gasteiger partial charge in [0.15, 0.2) is 0 Å². The predicted octanol–water partition coefficient (Wildman–Crippen LogP) is 8.34. The maximum absolute atomic E-state index is 14.4. The molecule has 2 atom stereocenters. The number of anilines is 1. The highest BCUT2D eigenvalue weighted by Crippen LogP contribution is 2.37. The van der Waals surface area contributed by atoms with E-state index in [1.165, 1.54) is 12.1 Å². The number of aryl methyl sites for hydroxylation is 2. The van der Waals surface area contributed by atoms with Crippen LogP contribution < -0.4 is 5.32 Å². The predicted molar refractivity (Wildman–Crippen MR) is 129 cm³/mol. The van der Waals surface area contributed by atoms with Crippen LogP contribution in [0.2, 0.25) is 0 Å². The lowest BCUT2D eigenvalue weighted by molar-refractivity contribution is -0.137. The number of alkyl halides is 5. The fraction of sp³-hybridized carbons (Fsp3) is 0.536. The maximum Gasteiger partial charge on any atom is 0.416 e. The van der Waals surface area contributed by atoms with Crippen LogP contribution in [-0.4, -0.2) is 18.3 Å². The van der Waals surface area contributed by atoms with Gasteiger partial charge in [-0.15, -0.1) is 0 Å². The van der Waals surface area contributed by atoms with E-state index in [0.717, 1.165) is 67.3 Å². The van der Waals surface area contributed by atoms with Crippen molar-refractivity contribution in [3.05, 3.63) is 64.7 Å². The lowest BCUT2D eigenvalue weighted by atomic mass is 9.82. The third kappa shape index (κ3) is 7.77. The van der Waals surface area contributed by atoms with Gasteiger partial charge in [-0.05, 0) is 72.9 Å². The number of nitrogens with one attached hydrogen (secondary N) is 1. The van der Waals surface area contributed by atoms with Crippen molar-refractivity contribution < 1.29 is 26.7 Å². The number of benzene rings is 2. The van der Waals surface area contributed by atoms with E-state index in [1.54, 1.807) is 6.07 Å². The quantitative estimate of drug-likeness (QED) is 0.330. The van der Waals surface area contributed by atoms with Crippen LogP contribution in [0.1, 0.15) is 86.5 Å². The summed E-state index contributed by atoms with van der Waals surface area (Å²) in [5.41, 5.74) is 2.57. The van der Waals surface area contributed by atoms with Gasteiger partial charge in [-0.1, -0.05) is 63.3 Å². The van der Waals surface area contributed by atoms with E-state index in [1.807, 2.05) is 19.1 Å². The fourth-order valence-corrected chi connectivity index (χ4v) is 4.69. The zero-order chi connectivity index (χ0) is 25.4. The van der Waals surface area contributed by atoms with Crippen LogP contribution in [0.4, 0.5) is 27.6 Å². The van der Waals surface area contributed by atoms with E-state index in [2.05, 4.69) is 5.32 Å². The molecule has 192 valence electrons. The first-order valence-corrected chi connectivity index (χ1v) is 12.6. The topological polar surface area (TPSA) is 29.1 Å². The molecule has 0 unspecified atom stereocenters. The summed E-state index contributed by atoms with van der Waals surface area (Å²) in [6.45, 7) is 1.88. The molecule has 0 saturated heterocycles. The fourth-order valence-electron chi connectivity index (χ4n) is 4.69. The SMILES string of the molecule is CCCC[C@H](F)[C@H](F)C(=O)Nc1ccc(CCc2ccc(C(F)(F)F)cc2)cc1C1CCCCC1. The Morgan fingerprint density at radius 1 is 0.971 bits per heavy atom. The average molecular weight is 496 g/mol. The molecule has 2 aromatic rings. The largest absolute Gasteiger partial charge is 0.416 e. The summed E-state index contributed by atoms with van der Waals surface area (Å²) in [6.07, 6.45) is -0.699. The van der Waals surface area contributed by atoms with Crippen LogP contribution in [-0.2, 0) is 23.8 Å². The number of amides is 1. The van der Waals surface area contributed by atoms with Gasteiger partial charge in [0.05, 0.1) is 5.56 Å². The highest BCUT2D eigenvalue weighted by Gasteiger charge is 2.30. The number of carbonyl (C=O) groups is 1. The molecule has 0 aromatic heterocycles. The Labute approximate surface area is 204 Å². The highest BCUT2D eigenvalue weighted by atomic mass is 19.4. The third-order valence-electron chi connectivity index (χ3n) is 6.80. The van der Waals surface area contributed by atoms with Crippen LogP contribution in [0.3, 0.4) is 0 Å². The number of rotatable bonds is 10. The minimum absolute atomic E-state index is 0.0173. The molecule has 0 radical (unpaired) electrons. The Morgan fingerprint density at radius 2 is 1.60 bits per heavy atom. The standard InChI is InChI=1S/C28H34F5NO/c1-2-3-9-24(29)26(30)27(35)34-25-17-14-20(18-23(25)21-7-5-4-6-8-21)11-10-19-12-15-22(16-13-19)28(31,32)33/h12-18,21,24,26H,2-11H2,1H3,(H,34,35)/t24-,26-/m0/s1. The average Bonchev–Trinajstić information content (AvgIpc) is 2.86. The van der Waals surface area contributed by atoms with Gasteiger partial charge in [-0.25, -0.2) is 8.78 Å². The molecule has 35 heavy (non-hydrogen) atoms. The van der Waals surface area contributed by atoms with E-state index >= 15 is 0 Å². The van der Waals surface area contributed by atoms with E-state index in [0.29, 0.717) is 24.9 Å². The second-order valence-electron chi connectivity index (χ2n) is 9.50. The summed E-state index contributed by atoms with van der Waals surface area (Å²) in [5.74, 6) is -0.729. The van der Waals surface area contributed by atoms with Crippen molar-refractivity contribution in [3.8, 4) is 0 Å². The summed E-state index contributed by atoms with van der Waals surface area (Å²) in [4.78, 5) is 12.4. The Balaban J connectivity index is 1.73. The van der Waals surface area contributed by atoms with Crippen molar-refractivity contribution in [2.75, 3.05) is 5.32 Å². The molecule has 0 bridgehead atoms. The van der Waals surface area contributed by atoms with Gasteiger partial charge in [0.2, 0.25) is 6.17 Å². The van der Waals surface area contributed by atoms with Gasteiger partial charge in [-0.3, -0.25) is 4.79 Å². The van der Waals surface area contributed by atoms with Crippen LogP contribution in [0.15, 0.2) is 42.5 Å². The molecule has 3 rings (SSSR count). The Morgan fingerprint density at radius 3 is 2.23 bits per heavy atom. The first kappa shape index (κ1) is 27.2. The van der Waals surface area contributed by atoms with Gasteiger partial charge in [0.1, 0.15) is 6.17 Å². The molecule has 7 heteroatoms. The van der Waals surface area contributed by atoms with Crippen molar-refractivity contribution >= 4 is 11.6 Å². The first-order valence-electron chi connectivity index (χ1n) is 12.6. The van der Waals surface area contributed by atoms with Crippen molar-refractivity contribution in [2.45, 2.75) is 95.6 Å². The number of halogens is 5. The highest BCUT2D eigenvalue weighted by molar-refractivity contribution is 5.95. The van der Waals surface area contributed by atoms with Crippen LogP contribution in [0.25, 0.3) is 0 Å². The first-order chi connectivity index (χ1) is 16.7. The second kappa shape index (κ2) is 12.5. The van der Waals surface area contributed by atoms with Crippen LogP contribution in [0, 0.1) is 0 Å². The Hall–Kier alpha value is -2.44. The summed E-state index contributed by atoms with van der Waals surface area (Å²) in [6, 6.07) is 10.8. The van der Waals surface area contributed by atoms with Crippen molar-refractivity contribution in [3.63, 3.8) is 0 Å². The minimum Gasteiger partial charge on any atom is -0.323 e. The lowest BCUT2D eigenvalue weighted by Gasteiger charge is -2.25. The second-order valence-corrected chi connectivity index (χ2v) is 9.50. The monoisotopic (exact) mass is 495 g/mol. The van der Waals surface area contributed by atoms with Crippen molar-refractivity contribution in [1.29, 1.82) is 0 Å². The van der Waals surface area contributed by atoms with Crippen LogP contribution in [0.5, 0.6) is 0 Å². The molecule has 1 N–H and O–H groups in total. The molecule has 0 aliphatic heterocycles. The van der Waals surface area contributed by atoms with E-state index in [4.69, 9.17) is 0 Å². The minimum atomic E-state index is -4.36. The molecular formula is C28H34F5NO. The molecular weight excluding hydrogens is 461 g/mol. The van der Waals surface area contributed by atoms with Crippen LogP contribution >= 0.6 is 0 Å². The molecule has 0 spiro atoms. The molecule has 1 fully saturated rings. The molecule has 2 nitrogen and oxygen atoms in total. The molecule has 1 saturated carbocycles. The van der Waals surface area contributed by atoms with Crippen molar-refractivity contribution in [1.82, 2.24) is 0 Å². The molecule has 2 aromatic carbocycles. The van der Waals surface area contributed by atoms with Gasteiger partial charge in [0, 0.05) is 5.69 Å². The van der Waals surface area contributed by atoms with Gasteiger partial charge < -0.3 is 5.32 Å². The number of carbonyl (C=O) groups excluding carboxylic acids is 1. The number of hydrogen-bond donors (Lipinski definition) is 1. The number of hydrogen-bond acceptors (Lipinski definition) is 1. The van der Waals surface area contributed by atoms with Gasteiger partial charge >= 0.3 is 6.18 Å². The van der Waals surface area contributed by atoms with E-state index in [-0.39, 0.29) is 12.3 Å². The van der Waals surface area contributed by atoms with E-state index < -0.39 is 30.0 Å².